The standard InChI is InChI=1S/C22H31N7O2/c1-14-9-27(11-19-23-15(2)8-16(3)24-19)10-18(14)21-25-20-12-28(13-29(20)22(30)26-21)17-4-6-31-7-5-17/h8,12,14,17-18H,4-7,9-11,13H2,1-3H3,(H,25,26,30). The van der Waals surface area contributed by atoms with Gasteiger partial charge in [0.05, 0.1) is 6.54 Å². The molecule has 9 nitrogen and oxygen atoms in total. The number of nitrogens with zero attached hydrogens (tertiary/aromatic N) is 6. The predicted octanol–water partition coefficient (Wildman–Crippen LogP) is 1.84. The molecule has 0 aromatic carbocycles. The van der Waals surface area contributed by atoms with Crippen LogP contribution in [-0.4, -0.2) is 75.5 Å². The Hall–Kier alpha value is -2.52. The number of carbonyl (C=O) groups excluding carboxylic acids is 1. The second-order valence-electron chi connectivity index (χ2n) is 9.19. The molecule has 166 valence electrons. The van der Waals surface area contributed by atoms with Crippen LogP contribution in [-0.2, 0) is 11.3 Å². The maximum atomic E-state index is 12.8. The summed E-state index contributed by atoms with van der Waals surface area (Å²) in [4.78, 5) is 33.2. The molecular weight excluding hydrogens is 394 g/mol. The van der Waals surface area contributed by atoms with E-state index in [0.717, 1.165) is 74.6 Å². The zero-order chi connectivity index (χ0) is 21.5. The van der Waals surface area contributed by atoms with Crippen molar-refractivity contribution in [1.82, 2.24) is 30.0 Å². The van der Waals surface area contributed by atoms with Crippen molar-refractivity contribution in [3.63, 3.8) is 0 Å². The first-order chi connectivity index (χ1) is 15.0. The Balaban J connectivity index is 1.30. The van der Waals surface area contributed by atoms with E-state index in [1.807, 2.05) is 19.9 Å². The molecule has 0 aliphatic carbocycles. The van der Waals surface area contributed by atoms with E-state index in [-0.39, 0.29) is 11.9 Å². The van der Waals surface area contributed by atoms with Gasteiger partial charge in [0.25, 0.3) is 0 Å². The Labute approximate surface area is 183 Å². The SMILES string of the molecule is Cc1cc(C)nc(CN2CC(C)C(C3=NC4=CN(C5CCOCC5)CN4C(=O)N3)C2)n1. The van der Waals surface area contributed by atoms with E-state index in [4.69, 9.17) is 9.73 Å². The smallest absolute Gasteiger partial charge is 0.329 e. The summed E-state index contributed by atoms with van der Waals surface area (Å²) in [7, 11) is 0. The molecule has 31 heavy (non-hydrogen) atoms. The van der Waals surface area contributed by atoms with E-state index in [0.29, 0.717) is 18.6 Å². The lowest BCUT2D eigenvalue weighted by molar-refractivity contribution is 0.0459. The second kappa shape index (κ2) is 8.20. The molecule has 1 aromatic heterocycles. The van der Waals surface area contributed by atoms with Gasteiger partial charge in [-0.3, -0.25) is 15.1 Å². The van der Waals surface area contributed by atoms with Crippen LogP contribution in [0.25, 0.3) is 0 Å². The zero-order valence-electron chi connectivity index (χ0n) is 18.5. The monoisotopic (exact) mass is 425 g/mol. The molecule has 9 heteroatoms. The van der Waals surface area contributed by atoms with Crippen LogP contribution in [0.3, 0.4) is 0 Å². The molecule has 1 aromatic rings. The van der Waals surface area contributed by atoms with Crippen molar-refractivity contribution in [3.8, 4) is 0 Å². The Morgan fingerprint density at radius 1 is 1.16 bits per heavy atom. The number of aliphatic imine (C=N–C) groups is 1. The van der Waals surface area contributed by atoms with Gasteiger partial charge in [-0.05, 0) is 38.7 Å². The van der Waals surface area contributed by atoms with Crippen molar-refractivity contribution >= 4 is 11.9 Å². The van der Waals surface area contributed by atoms with Gasteiger partial charge in [-0.1, -0.05) is 6.92 Å². The normalized spacial score (nSPS) is 27.3. The Bertz CT molecular complexity index is 904. The van der Waals surface area contributed by atoms with Gasteiger partial charge in [0.15, 0.2) is 5.82 Å². The second-order valence-corrected chi connectivity index (χ2v) is 9.19. The third kappa shape index (κ3) is 4.16. The average molecular weight is 426 g/mol. The number of fused-ring (bicyclic) bond motifs is 1. The molecule has 5 rings (SSSR count). The first-order valence-corrected chi connectivity index (χ1v) is 11.2. The van der Waals surface area contributed by atoms with Crippen LogP contribution in [0.5, 0.6) is 0 Å². The molecule has 0 saturated carbocycles. The fourth-order valence-corrected chi connectivity index (χ4v) is 5.12. The molecule has 0 spiro atoms. The molecule has 2 amide bonds. The van der Waals surface area contributed by atoms with Crippen LogP contribution < -0.4 is 5.32 Å². The van der Waals surface area contributed by atoms with Crippen LogP contribution >= 0.6 is 0 Å². The van der Waals surface area contributed by atoms with E-state index in [1.165, 1.54) is 0 Å². The molecule has 4 aliphatic rings. The summed E-state index contributed by atoms with van der Waals surface area (Å²) in [5, 5.41) is 3.07. The van der Waals surface area contributed by atoms with E-state index in [9.17, 15) is 4.79 Å². The van der Waals surface area contributed by atoms with E-state index in [1.54, 1.807) is 4.90 Å². The Morgan fingerprint density at radius 2 is 1.90 bits per heavy atom. The highest BCUT2D eigenvalue weighted by Crippen LogP contribution is 2.30. The fraction of sp³-hybridized carbons (Fsp3) is 0.636. The van der Waals surface area contributed by atoms with Gasteiger partial charge in [0, 0.05) is 55.9 Å². The minimum Gasteiger partial charge on any atom is -0.381 e. The summed E-state index contributed by atoms with van der Waals surface area (Å²) in [5.41, 5.74) is 2.00. The minimum atomic E-state index is -0.0749. The third-order valence-corrected chi connectivity index (χ3v) is 6.67. The van der Waals surface area contributed by atoms with Gasteiger partial charge in [0.1, 0.15) is 18.3 Å². The topological polar surface area (TPSA) is 86.2 Å². The van der Waals surface area contributed by atoms with Crippen molar-refractivity contribution in [1.29, 1.82) is 0 Å². The number of amidine groups is 1. The highest BCUT2D eigenvalue weighted by Gasteiger charge is 2.40. The number of urea groups is 1. The predicted molar refractivity (Wildman–Crippen MR) is 116 cm³/mol. The summed E-state index contributed by atoms with van der Waals surface area (Å²) in [6, 6.07) is 2.33. The van der Waals surface area contributed by atoms with Crippen molar-refractivity contribution in [2.75, 3.05) is 33.0 Å². The lowest BCUT2D eigenvalue weighted by atomic mass is 9.96. The highest BCUT2D eigenvalue weighted by atomic mass is 16.5. The summed E-state index contributed by atoms with van der Waals surface area (Å²) in [6.45, 7) is 10.9. The van der Waals surface area contributed by atoms with E-state index in [2.05, 4.69) is 38.2 Å². The highest BCUT2D eigenvalue weighted by molar-refractivity contribution is 6.02. The lowest BCUT2D eigenvalue weighted by Gasteiger charge is -2.32. The maximum absolute atomic E-state index is 12.8. The van der Waals surface area contributed by atoms with Crippen LogP contribution in [0.1, 0.15) is 37.0 Å². The minimum absolute atomic E-state index is 0.0749. The molecule has 2 unspecified atom stereocenters. The van der Waals surface area contributed by atoms with Gasteiger partial charge in [-0.2, -0.15) is 0 Å². The molecular formula is C22H31N7O2. The Morgan fingerprint density at radius 3 is 2.65 bits per heavy atom. The van der Waals surface area contributed by atoms with Crippen molar-refractivity contribution in [2.24, 2.45) is 16.8 Å². The summed E-state index contributed by atoms with van der Waals surface area (Å²) < 4.78 is 5.48. The van der Waals surface area contributed by atoms with Gasteiger partial charge < -0.3 is 9.64 Å². The molecule has 4 aliphatic heterocycles. The number of hydrogen-bond acceptors (Lipinski definition) is 7. The molecule has 0 radical (unpaired) electrons. The van der Waals surface area contributed by atoms with Crippen LogP contribution in [0.2, 0.25) is 0 Å². The molecule has 2 fully saturated rings. The van der Waals surface area contributed by atoms with Crippen LogP contribution in [0.4, 0.5) is 4.79 Å². The number of aromatic nitrogens is 2. The van der Waals surface area contributed by atoms with Crippen molar-refractivity contribution in [2.45, 2.75) is 46.2 Å². The first-order valence-electron chi connectivity index (χ1n) is 11.2. The van der Waals surface area contributed by atoms with Crippen molar-refractivity contribution in [3.05, 3.63) is 35.3 Å². The molecule has 2 atom stereocenters. The van der Waals surface area contributed by atoms with Crippen LogP contribution in [0.15, 0.2) is 23.1 Å². The fourth-order valence-electron chi connectivity index (χ4n) is 5.12. The summed E-state index contributed by atoms with van der Waals surface area (Å²) in [5.74, 6) is 2.99. The van der Waals surface area contributed by atoms with Crippen LogP contribution in [0, 0.1) is 25.7 Å². The molecule has 1 N–H and O–H groups in total. The van der Waals surface area contributed by atoms with Gasteiger partial charge in [0.2, 0.25) is 0 Å². The third-order valence-electron chi connectivity index (χ3n) is 6.67. The van der Waals surface area contributed by atoms with Crippen molar-refractivity contribution < 1.29 is 9.53 Å². The van der Waals surface area contributed by atoms with Gasteiger partial charge in [-0.25, -0.2) is 19.8 Å². The van der Waals surface area contributed by atoms with E-state index >= 15 is 0 Å². The van der Waals surface area contributed by atoms with Gasteiger partial charge in [-0.15, -0.1) is 0 Å². The largest absolute Gasteiger partial charge is 0.381 e. The van der Waals surface area contributed by atoms with E-state index < -0.39 is 0 Å². The summed E-state index contributed by atoms with van der Waals surface area (Å²) >= 11 is 0. The summed E-state index contributed by atoms with van der Waals surface area (Å²) in [6.07, 6.45) is 4.03. The zero-order valence-corrected chi connectivity index (χ0v) is 18.5. The molecule has 2 saturated heterocycles. The number of hydrogen-bond donors (Lipinski definition) is 1. The first kappa shape index (κ1) is 20.4. The number of likely N-dealkylation sites (tertiary alicyclic amines) is 1. The molecule has 5 heterocycles. The average Bonchev–Trinajstić information content (AvgIpc) is 3.31. The van der Waals surface area contributed by atoms with Gasteiger partial charge >= 0.3 is 6.03 Å². The number of carbonyl (C=O) groups is 1. The number of amides is 2. The maximum Gasteiger partial charge on any atom is 0.329 e. The number of nitrogens with one attached hydrogen (secondary N) is 1. The Kier molecular flexibility index (Phi) is 5.39. The number of rotatable bonds is 4. The number of ether oxygens (including phenoxy) is 1. The quantitative estimate of drug-likeness (QED) is 0.792. The number of aryl methyl sites for hydroxylation is 2. The lowest BCUT2D eigenvalue weighted by Crippen LogP contribution is -2.50. The molecule has 0 bridgehead atoms.